The van der Waals surface area contributed by atoms with E-state index in [1.165, 1.54) is 12.3 Å². The van der Waals surface area contributed by atoms with Gasteiger partial charge in [0.25, 0.3) is 0 Å². The quantitative estimate of drug-likeness (QED) is 0.434. The van der Waals surface area contributed by atoms with Gasteiger partial charge in [-0.25, -0.2) is 9.37 Å². The van der Waals surface area contributed by atoms with Crippen molar-refractivity contribution >= 4 is 11.5 Å². The highest BCUT2D eigenvalue weighted by atomic mass is 19.4. The maximum absolute atomic E-state index is 14.3. The van der Waals surface area contributed by atoms with Gasteiger partial charge in [-0.3, -0.25) is 4.98 Å². The second-order valence-corrected chi connectivity index (χ2v) is 6.45. The molecule has 2 N–H and O–H groups in total. The van der Waals surface area contributed by atoms with Crippen LogP contribution in [-0.2, 0) is 12.4 Å². The normalized spacial score (nSPS) is 12.5. The summed E-state index contributed by atoms with van der Waals surface area (Å²) in [6.45, 7) is 0. The van der Waals surface area contributed by atoms with E-state index >= 15 is 0 Å². The third kappa shape index (κ3) is 3.64. The largest absolute Gasteiger partial charge is 0.418 e. The van der Waals surface area contributed by atoms with Gasteiger partial charge in [0.05, 0.1) is 23.0 Å². The lowest BCUT2D eigenvalue weighted by Crippen LogP contribution is -2.08. The highest BCUT2D eigenvalue weighted by Gasteiger charge is 2.35. The van der Waals surface area contributed by atoms with E-state index in [4.69, 9.17) is 5.73 Å². The third-order valence-electron chi connectivity index (χ3n) is 4.45. The van der Waals surface area contributed by atoms with E-state index in [1.54, 1.807) is 0 Å². The number of alkyl halides is 6. The van der Waals surface area contributed by atoms with Crippen LogP contribution in [0.25, 0.3) is 28.2 Å². The highest BCUT2D eigenvalue weighted by Crippen LogP contribution is 2.37. The first-order valence-corrected chi connectivity index (χ1v) is 8.51. The van der Waals surface area contributed by atoms with Crippen LogP contribution in [0.15, 0.2) is 48.8 Å². The molecule has 0 atom stereocenters. The SMILES string of the molecule is Nc1c(-c2ccc(C(F)(F)F)cc2F)nc2cc(-c3ncccc3C(F)(F)F)cnn12. The molecule has 0 fully saturated rings. The predicted molar refractivity (Wildman–Crippen MR) is 96.0 cm³/mol. The molecule has 0 spiro atoms. The molecule has 160 valence electrons. The number of pyridine rings is 1. The van der Waals surface area contributed by atoms with Gasteiger partial charge < -0.3 is 5.73 Å². The zero-order chi connectivity index (χ0) is 22.6. The molecule has 12 heteroatoms. The second kappa shape index (κ2) is 6.93. The molecule has 4 aromatic rings. The van der Waals surface area contributed by atoms with Crippen LogP contribution >= 0.6 is 0 Å². The molecular formula is C19H10F7N5. The Morgan fingerprint density at radius 3 is 2.29 bits per heavy atom. The number of benzene rings is 1. The van der Waals surface area contributed by atoms with Crippen molar-refractivity contribution in [3.05, 3.63) is 65.7 Å². The molecule has 0 aliphatic rings. The standard InChI is InChI=1S/C19H10F7N5/c20-13-7-10(18(21,22)23)3-4-11(13)16-17(27)31-14(30-16)6-9(8-29-31)15-12(19(24,25)26)2-1-5-28-15/h1-8H,27H2. The summed E-state index contributed by atoms with van der Waals surface area (Å²) < 4.78 is 93.5. The summed E-state index contributed by atoms with van der Waals surface area (Å²) in [5.41, 5.74) is 2.75. The molecule has 0 bridgehead atoms. The number of fused-ring (bicyclic) bond motifs is 1. The molecule has 0 aliphatic heterocycles. The van der Waals surface area contributed by atoms with Gasteiger partial charge in [-0.15, -0.1) is 0 Å². The first-order chi connectivity index (χ1) is 14.5. The van der Waals surface area contributed by atoms with Crippen LogP contribution in [0.4, 0.5) is 36.6 Å². The van der Waals surface area contributed by atoms with Crippen molar-refractivity contribution in [2.45, 2.75) is 12.4 Å². The molecule has 4 rings (SSSR count). The van der Waals surface area contributed by atoms with Crippen molar-refractivity contribution in [1.29, 1.82) is 0 Å². The first-order valence-electron chi connectivity index (χ1n) is 8.51. The molecule has 0 aliphatic carbocycles. The second-order valence-electron chi connectivity index (χ2n) is 6.45. The number of hydrogen-bond acceptors (Lipinski definition) is 4. The first kappa shape index (κ1) is 20.6. The minimum absolute atomic E-state index is 0.0233. The molecule has 0 saturated carbocycles. The van der Waals surface area contributed by atoms with Crippen molar-refractivity contribution in [3.63, 3.8) is 0 Å². The van der Waals surface area contributed by atoms with Gasteiger partial charge >= 0.3 is 12.4 Å². The van der Waals surface area contributed by atoms with Crippen LogP contribution in [0.1, 0.15) is 11.1 Å². The Labute approximate surface area is 169 Å². The predicted octanol–water partition coefficient (Wildman–Crippen LogP) is 5.22. The van der Waals surface area contributed by atoms with Crippen LogP contribution in [0, 0.1) is 5.82 Å². The number of rotatable bonds is 2. The van der Waals surface area contributed by atoms with E-state index < -0.39 is 35.0 Å². The van der Waals surface area contributed by atoms with Crippen molar-refractivity contribution in [2.24, 2.45) is 0 Å². The molecule has 0 unspecified atom stereocenters. The lowest BCUT2D eigenvalue weighted by atomic mass is 10.1. The summed E-state index contributed by atoms with van der Waals surface area (Å²) in [7, 11) is 0. The molecule has 3 aromatic heterocycles. The van der Waals surface area contributed by atoms with Gasteiger partial charge in [-0.1, -0.05) is 0 Å². The van der Waals surface area contributed by atoms with Crippen LogP contribution in [0.3, 0.4) is 0 Å². The number of aromatic nitrogens is 4. The number of halogens is 7. The maximum Gasteiger partial charge on any atom is 0.418 e. The zero-order valence-electron chi connectivity index (χ0n) is 15.1. The molecular weight excluding hydrogens is 431 g/mol. The lowest BCUT2D eigenvalue weighted by molar-refractivity contribution is -0.138. The lowest BCUT2D eigenvalue weighted by Gasteiger charge is -2.11. The van der Waals surface area contributed by atoms with E-state index in [-0.39, 0.29) is 28.3 Å². The highest BCUT2D eigenvalue weighted by molar-refractivity contribution is 5.77. The van der Waals surface area contributed by atoms with E-state index in [0.29, 0.717) is 12.1 Å². The molecule has 0 radical (unpaired) electrons. The molecule has 5 nitrogen and oxygen atoms in total. The Morgan fingerprint density at radius 1 is 0.903 bits per heavy atom. The summed E-state index contributed by atoms with van der Waals surface area (Å²) in [4.78, 5) is 7.82. The Balaban J connectivity index is 1.84. The van der Waals surface area contributed by atoms with E-state index in [9.17, 15) is 30.7 Å². The Kier molecular flexibility index (Phi) is 4.60. The molecule has 3 heterocycles. The number of nitrogens with two attached hydrogens (primary N) is 1. The van der Waals surface area contributed by atoms with Gasteiger partial charge in [-0.05, 0) is 36.4 Å². The van der Waals surface area contributed by atoms with E-state index in [2.05, 4.69) is 15.1 Å². The summed E-state index contributed by atoms with van der Waals surface area (Å²) in [6.07, 6.45) is -7.15. The number of nitrogen functional groups attached to an aromatic ring is 1. The molecule has 0 saturated heterocycles. The smallest absolute Gasteiger partial charge is 0.382 e. The Morgan fingerprint density at radius 2 is 1.65 bits per heavy atom. The summed E-state index contributed by atoms with van der Waals surface area (Å²) in [5, 5.41) is 3.93. The monoisotopic (exact) mass is 441 g/mol. The summed E-state index contributed by atoms with van der Waals surface area (Å²) in [6, 6.07) is 5.06. The van der Waals surface area contributed by atoms with E-state index in [1.807, 2.05) is 0 Å². The maximum atomic E-state index is 14.3. The van der Waals surface area contributed by atoms with Gasteiger partial charge in [0.2, 0.25) is 0 Å². The van der Waals surface area contributed by atoms with Gasteiger partial charge in [0, 0.05) is 17.3 Å². The number of hydrogen-bond donors (Lipinski definition) is 1. The minimum atomic E-state index is -4.74. The third-order valence-corrected chi connectivity index (χ3v) is 4.45. The fourth-order valence-electron chi connectivity index (χ4n) is 3.03. The average Bonchev–Trinajstić information content (AvgIpc) is 3.02. The van der Waals surface area contributed by atoms with Crippen molar-refractivity contribution < 1.29 is 30.7 Å². The van der Waals surface area contributed by atoms with Crippen molar-refractivity contribution in [3.8, 4) is 22.5 Å². The van der Waals surface area contributed by atoms with Crippen LogP contribution in [-0.4, -0.2) is 19.6 Å². The number of anilines is 1. The van der Waals surface area contributed by atoms with Gasteiger partial charge in [0.1, 0.15) is 11.5 Å². The van der Waals surface area contributed by atoms with Crippen molar-refractivity contribution in [2.75, 3.05) is 5.73 Å². The van der Waals surface area contributed by atoms with E-state index in [0.717, 1.165) is 28.9 Å². The average molecular weight is 441 g/mol. The van der Waals surface area contributed by atoms with Crippen LogP contribution in [0.2, 0.25) is 0 Å². The minimum Gasteiger partial charge on any atom is -0.382 e. The topological polar surface area (TPSA) is 69.1 Å². The Bertz CT molecular complexity index is 1290. The van der Waals surface area contributed by atoms with Gasteiger partial charge in [0.15, 0.2) is 11.5 Å². The Hall–Kier alpha value is -3.70. The number of nitrogens with zero attached hydrogens (tertiary/aromatic N) is 4. The zero-order valence-corrected chi connectivity index (χ0v) is 15.1. The van der Waals surface area contributed by atoms with Crippen molar-refractivity contribution in [1.82, 2.24) is 19.6 Å². The molecule has 31 heavy (non-hydrogen) atoms. The fourth-order valence-corrected chi connectivity index (χ4v) is 3.03. The number of imidazole rings is 1. The molecule has 0 amide bonds. The summed E-state index contributed by atoms with van der Waals surface area (Å²) in [5.74, 6) is -1.41. The molecule has 1 aromatic carbocycles. The van der Waals surface area contributed by atoms with Crippen LogP contribution < -0.4 is 5.73 Å². The fraction of sp³-hybridized carbons (Fsp3) is 0.105. The van der Waals surface area contributed by atoms with Crippen LogP contribution in [0.5, 0.6) is 0 Å². The summed E-state index contributed by atoms with van der Waals surface area (Å²) >= 11 is 0. The van der Waals surface area contributed by atoms with Gasteiger partial charge in [-0.2, -0.15) is 36.0 Å².